The molecule has 25 heavy (non-hydrogen) atoms. The van der Waals surface area contributed by atoms with Crippen LogP contribution in [0.2, 0.25) is 0 Å². The van der Waals surface area contributed by atoms with Crippen molar-refractivity contribution >= 4 is 16.8 Å². The topological polar surface area (TPSA) is 43.3 Å². The molecular formula is C21H22N2O2. The molecule has 1 unspecified atom stereocenters. The molecule has 0 radical (unpaired) electrons. The summed E-state index contributed by atoms with van der Waals surface area (Å²) in [4.78, 5) is 12.2. The zero-order valence-corrected chi connectivity index (χ0v) is 14.2. The summed E-state index contributed by atoms with van der Waals surface area (Å²) in [5, 5.41) is 4.27. The van der Waals surface area contributed by atoms with Crippen molar-refractivity contribution in [1.29, 1.82) is 0 Å². The van der Waals surface area contributed by atoms with Crippen LogP contribution in [0.25, 0.3) is 10.9 Å². The van der Waals surface area contributed by atoms with Crippen molar-refractivity contribution in [2.24, 2.45) is 5.92 Å². The monoisotopic (exact) mass is 334 g/mol. The summed E-state index contributed by atoms with van der Waals surface area (Å²) < 4.78 is 7.91. The average molecular weight is 334 g/mol. The van der Waals surface area contributed by atoms with E-state index in [-0.39, 0.29) is 5.91 Å². The molecule has 1 aliphatic heterocycles. The van der Waals surface area contributed by atoms with Gasteiger partial charge in [0.15, 0.2) is 0 Å². The number of carbonyl (C=O) groups excluding carboxylic acids is 1. The largest absolute Gasteiger partial charge is 0.493 e. The van der Waals surface area contributed by atoms with Gasteiger partial charge >= 0.3 is 0 Å². The van der Waals surface area contributed by atoms with Crippen molar-refractivity contribution in [1.82, 2.24) is 9.88 Å². The lowest BCUT2D eigenvalue weighted by Gasteiger charge is -2.25. The molecule has 4 rings (SSSR count). The molecule has 1 atom stereocenters. The summed E-state index contributed by atoms with van der Waals surface area (Å²) in [6, 6.07) is 18.5. The lowest BCUT2D eigenvalue weighted by Crippen LogP contribution is -2.35. The zero-order valence-electron chi connectivity index (χ0n) is 14.2. The second-order valence-electron chi connectivity index (χ2n) is 6.61. The van der Waals surface area contributed by atoms with E-state index >= 15 is 0 Å². The lowest BCUT2D eigenvalue weighted by atomic mass is 9.97. The van der Waals surface area contributed by atoms with Crippen molar-refractivity contribution in [3.8, 4) is 5.75 Å². The Balaban J connectivity index is 1.27. The van der Waals surface area contributed by atoms with Gasteiger partial charge in [0.2, 0.25) is 5.91 Å². The second-order valence-corrected chi connectivity index (χ2v) is 6.61. The van der Waals surface area contributed by atoms with Crippen LogP contribution in [0.4, 0.5) is 0 Å². The fourth-order valence-electron chi connectivity index (χ4n) is 3.43. The van der Waals surface area contributed by atoms with Crippen LogP contribution in [-0.2, 0) is 17.8 Å². The van der Waals surface area contributed by atoms with Crippen molar-refractivity contribution < 1.29 is 9.53 Å². The van der Waals surface area contributed by atoms with Crippen molar-refractivity contribution in [2.45, 2.75) is 19.4 Å². The summed E-state index contributed by atoms with van der Waals surface area (Å²) in [7, 11) is 0. The number of hydrogen-bond donors (Lipinski definition) is 1. The number of rotatable bonds is 5. The van der Waals surface area contributed by atoms with E-state index in [1.165, 1.54) is 16.5 Å². The summed E-state index contributed by atoms with van der Waals surface area (Å²) in [6.45, 7) is 2.03. The Bertz CT molecular complexity index is 884. The molecule has 2 heterocycles. The van der Waals surface area contributed by atoms with Crippen LogP contribution in [0.15, 0.2) is 60.8 Å². The first-order valence-corrected chi connectivity index (χ1v) is 8.81. The normalized spacial score (nSPS) is 16.2. The molecule has 1 amide bonds. The maximum absolute atomic E-state index is 12.2. The van der Waals surface area contributed by atoms with Crippen molar-refractivity contribution in [3.05, 3.63) is 66.4 Å². The highest BCUT2D eigenvalue weighted by Crippen LogP contribution is 2.26. The number of aryl methyl sites for hydroxylation is 1. The van der Waals surface area contributed by atoms with Gasteiger partial charge in [-0.05, 0) is 35.6 Å². The molecule has 4 heteroatoms. The highest BCUT2D eigenvalue weighted by atomic mass is 16.5. The van der Waals surface area contributed by atoms with Crippen LogP contribution in [0, 0.1) is 5.92 Å². The molecule has 2 aromatic carbocycles. The number of nitrogens with zero attached hydrogens (tertiary/aromatic N) is 1. The summed E-state index contributed by atoms with van der Waals surface area (Å²) in [5.41, 5.74) is 2.40. The molecule has 128 valence electrons. The summed E-state index contributed by atoms with van der Waals surface area (Å²) in [5.74, 6) is 1.41. The number of hydrogen-bond acceptors (Lipinski definition) is 2. The Morgan fingerprint density at radius 3 is 2.92 bits per heavy atom. The third kappa shape index (κ3) is 3.53. The third-order valence-electron chi connectivity index (χ3n) is 4.80. The SMILES string of the molecule is O=C(CCn1ccc2ccccc21)NCC1COc2ccccc2C1. The molecule has 0 saturated heterocycles. The molecule has 3 aromatic rings. The quantitative estimate of drug-likeness (QED) is 0.777. The first-order chi connectivity index (χ1) is 12.3. The van der Waals surface area contributed by atoms with E-state index in [4.69, 9.17) is 4.74 Å². The van der Waals surface area contributed by atoms with Crippen LogP contribution in [0.1, 0.15) is 12.0 Å². The van der Waals surface area contributed by atoms with Crippen LogP contribution >= 0.6 is 0 Å². The Labute approximate surface area is 147 Å². The number of para-hydroxylation sites is 2. The highest BCUT2D eigenvalue weighted by Gasteiger charge is 2.19. The van der Waals surface area contributed by atoms with Crippen LogP contribution in [-0.4, -0.2) is 23.6 Å². The van der Waals surface area contributed by atoms with Crippen LogP contribution < -0.4 is 10.1 Å². The second kappa shape index (κ2) is 7.01. The molecule has 1 aliphatic rings. The molecule has 0 saturated carbocycles. The maximum Gasteiger partial charge on any atom is 0.221 e. The molecular weight excluding hydrogens is 312 g/mol. The smallest absolute Gasteiger partial charge is 0.221 e. The van der Waals surface area contributed by atoms with Gasteiger partial charge in [0.1, 0.15) is 5.75 Å². The maximum atomic E-state index is 12.2. The van der Waals surface area contributed by atoms with Crippen LogP contribution in [0.5, 0.6) is 5.75 Å². The van der Waals surface area contributed by atoms with Crippen LogP contribution in [0.3, 0.4) is 0 Å². The van der Waals surface area contributed by atoms with E-state index in [2.05, 4.69) is 34.1 Å². The molecule has 0 aliphatic carbocycles. The number of aromatic nitrogens is 1. The number of benzene rings is 2. The van der Waals surface area contributed by atoms with E-state index in [1.54, 1.807) is 0 Å². The van der Waals surface area contributed by atoms with E-state index in [1.807, 2.05) is 36.5 Å². The van der Waals surface area contributed by atoms with Gasteiger partial charge in [-0.1, -0.05) is 36.4 Å². The minimum atomic E-state index is 0.0941. The average Bonchev–Trinajstić information content (AvgIpc) is 3.08. The van der Waals surface area contributed by atoms with Gasteiger partial charge in [-0.15, -0.1) is 0 Å². The Hall–Kier alpha value is -2.75. The van der Waals surface area contributed by atoms with Gasteiger partial charge in [0.25, 0.3) is 0 Å². The number of fused-ring (bicyclic) bond motifs is 2. The van der Waals surface area contributed by atoms with Gasteiger partial charge in [-0.25, -0.2) is 0 Å². The molecule has 1 N–H and O–H groups in total. The molecule has 0 fully saturated rings. The van der Waals surface area contributed by atoms with E-state index in [0.717, 1.165) is 12.2 Å². The minimum Gasteiger partial charge on any atom is -0.493 e. The van der Waals surface area contributed by atoms with Gasteiger partial charge < -0.3 is 14.6 Å². The fourth-order valence-corrected chi connectivity index (χ4v) is 3.43. The van der Waals surface area contributed by atoms with Gasteiger partial charge in [0, 0.05) is 37.1 Å². The fraction of sp³-hybridized carbons (Fsp3) is 0.286. The van der Waals surface area contributed by atoms with E-state index in [9.17, 15) is 4.79 Å². The Morgan fingerprint density at radius 1 is 1.12 bits per heavy atom. The molecule has 0 bridgehead atoms. The molecule has 0 spiro atoms. The lowest BCUT2D eigenvalue weighted by molar-refractivity contribution is -0.121. The van der Waals surface area contributed by atoms with E-state index < -0.39 is 0 Å². The predicted molar refractivity (Wildman–Crippen MR) is 98.7 cm³/mol. The summed E-state index contributed by atoms with van der Waals surface area (Å²) in [6.07, 6.45) is 3.49. The van der Waals surface area contributed by atoms with Gasteiger partial charge in [-0.2, -0.15) is 0 Å². The number of ether oxygens (including phenoxy) is 1. The standard InChI is InChI=1S/C21H22N2O2/c24-21(10-12-23-11-9-17-5-1-3-7-19(17)23)22-14-16-13-18-6-2-4-8-20(18)25-15-16/h1-9,11,16H,10,12-15H2,(H,22,24). The number of carbonyl (C=O) groups is 1. The Kier molecular flexibility index (Phi) is 4.42. The Morgan fingerprint density at radius 2 is 1.96 bits per heavy atom. The third-order valence-corrected chi connectivity index (χ3v) is 4.80. The first kappa shape index (κ1) is 15.8. The summed E-state index contributed by atoms with van der Waals surface area (Å²) >= 11 is 0. The molecule has 1 aromatic heterocycles. The number of amides is 1. The minimum absolute atomic E-state index is 0.0941. The van der Waals surface area contributed by atoms with Gasteiger partial charge in [0.05, 0.1) is 6.61 Å². The van der Waals surface area contributed by atoms with Crippen molar-refractivity contribution in [3.63, 3.8) is 0 Å². The van der Waals surface area contributed by atoms with Crippen molar-refractivity contribution in [2.75, 3.05) is 13.2 Å². The molecule has 4 nitrogen and oxygen atoms in total. The zero-order chi connectivity index (χ0) is 17.1. The van der Waals surface area contributed by atoms with E-state index in [0.29, 0.717) is 32.0 Å². The first-order valence-electron chi connectivity index (χ1n) is 8.81. The predicted octanol–water partition coefficient (Wildman–Crippen LogP) is 3.40. The highest BCUT2D eigenvalue weighted by molar-refractivity contribution is 5.80. The van der Waals surface area contributed by atoms with Gasteiger partial charge in [-0.3, -0.25) is 4.79 Å². The number of nitrogens with one attached hydrogen (secondary N) is 1.